The summed E-state index contributed by atoms with van der Waals surface area (Å²) in [7, 11) is 0. The third kappa shape index (κ3) is 3.59. The van der Waals surface area contributed by atoms with Crippen LogP contribution in [-0.2, 0) is 10.3 Å². The Kier molecular flexibility index (Phi) is 4.91. The van der Waals surface area contributed by atoms with Gasteiger partial charge in [0, 0.05) is 24.2 Å². The van der Waals surface area contributed by atoms with Gasteiger partial charge in [-0.15, -0.1) is 0 Å². The molecule has 0 bridgehead atoms. The molecule has 2 aromatic heterocycles. The molecule has 1 aliphatic rings. The van der Waals surface area contributed by atoms with E-state index in [1.807, 2.05) is 51.1 Å². The molecule has 154 valence electrons. The third-order valence-electron chi connectivity index (χ3n) is 4.93. The van der Waals surface area contributed by atoms with Crippen LogP contribution in [0.2, 0.25) is 0 Å². The van der Waals surface area contributed by atoms with E-state index in [0.29, 0.717) is 5.69 Å². The fraction of sp³-hybridized carbons (Fsp3) is 0.261. The maximum atomic E-state index is 12.5. The van der Waals surface area contributed by atoms with Gasteiger partial charge in [0.2, 0.25) is 0 Å². The molecule has 3 aromatic rings. The summed E-state index contributed by atoms with van der Waals surface area (Å²) in [6, 6.07) is 14.7. The third-order valence-corrected chi connectivity index (χ3v) is 4.93. The average Bonchev–Trinajstić information content (AvgIpc) is 3.03. The first-order valence-electron chi connectivity index (χ1n) is 9.72. The van der Waals surface area contributed by atoms with Crippen molar-refractivity contribution in [3.63, 3.8) is 0 Å². The van der Waals surface area contributed by atoms with Crippen molar-refractivity contribution in [1.82, 2.24) is 20.6 Å². The Morgan fingerprint density at radius 1 is 1.10 bits per heavy atom. The van der Waals surface area contributed by atoms with E-state index in [1.54, 1.807) is 36.8 Å². The second-order valence-electron chi connectivity index (χ2n) is 8.20. The van der Waals surface area contributed by atoms with E-state index in [1.165, 1.54) is 0 Å². The van der Waals surface area contributed by atoms with E-state index < -0.39 is 23.4 Å². The summed E-state index contributed by atoms with van der Waals surface area (Å²) in [5.41, 5.74) is 1.82. The second kappa shape index (κ2) is 7.42. The lowest BCUT2D eigenvalue weighted by Crippen LogP contribution is -2.46. The molecule has 0 radical (unpaired) electrons. The first kappa shape index (κ1) is 19.8. The highest BCUT2D eigenvalue weighted by Crippen LogP contribution is 2.45. The number of rotatable bonds is 3. The second-order valence-corrected chi connectivity index (χ2v) is 8.20. The zero-order chi connectivity index (χ0) is 21.4. The largest absolute Gasteiger partial charge is 0.508 e. The lowest BCUT2D eigenvalue weighted by molar-refractivity contribution is 0.0491. The molecule has 0 saturated carbocycles. The number of phenolic OH excluding ortho intramolecular Hbond substituents is 1. The average molecular weight is 404 g/mol. The highest BCUT2D eigenvalue weighted by molar-refractivity contribution is 5.69. The van der Waals surface area contributed by atoms with E-state index in [9.17, 15) is 9.90 Å². The summed E-state index contributed by atoms with van der Waals surface area (Å²) >= 11 is 0. The van der Waals surface area contributed by atoms with Crippen LogP contribution in [0.25, 0.3) is 0 Å². The number of pyridine rings is 2. The molecule has 2 atom stereocenters. The van der Waals surface area contributed by atoms with Crippen LogP contribution in [0, 0.1) is 0 Å². The standard InChI is InChI=1S/C23H24N4O3/c1-22(2,3)30-21(29)26-20-19-18(8-5-11-25-19)23(27-20,15-9-12-24-13-10-15)16-6-4-7-17(28)14-16/h4-14,20,27-28H,1-3H3,(H,26,29). The maximum absolute atomic E-state index is 12.5. The van der Waals surface area contributed by atoms with Crippen molar-refractivity contribution in [2.24, 2.45) is 0 Å². The normalized spacial score (nSPS) is 20.4. The first-order chi connectivity index (χ1) is 14.3. The highest BCUT2D eigenvalue weighted by atomic mass is 16.6. The number of carbonyl (C=O) groups excluding carboxylic acids is 1. The van der Waals surface area contributed by atoms with Gasteiger partial charge in [-0.05, 0) is 62.2 Å². The molecule has 7 heteroatoms. The van der Waals surface area contributed by atoms with E-state index in [2.05, 4.69) is 20.6 Å². The lowest BCUT2D eigenvalue weighted by Gasteiger charge is -2.33. The fourth-order valence-electron chi connectivity index (χ4n) is 3.84. The van der Waals surface area contributed by atoms with Gasteiger partial charge in [-0.1, -0.05) is 18.2 Å². The van der Waals surface area contributed by atoms with Crippen LogP contribution in [0.4, 0.5) is 4.79 Å². The summed E-state index contributed by atoms with van der Waals surface area (Å²) in [5.74, 6) is 0.150. The Morgan fingerprint density at radius 3 is 2.57 bits per heavy atom. The molecule has 0 fully saturated rings. The van der Waals surface area contributed by atoms with E-state index in [-0.39, 0.29) is 5.75 Å². The number of aromatic hydroxyl groups is 1. The molecule has 0 aliphatic carbocycles. The Morgan fingerprint density at radius 2 is 1.87 bits per heavy atom. The number of alkyl carbamates (subject to hydrolysis) is 1. The molecule has 4 rings (SSSR count). The van der Waals surface area contributed by atoms with Crippen molar-refractivity contribution in [2.75, 3.05) is 0 Å². The van der Waals surface area contributed by atoms with Gasteiger partial charge in [-0.25, -0.2) is 4.79 Å². The number of hydrogen-bond acceptors (Lipinski definition) is 6. The van der Waals surface area contributed by atoms with Gasteiger partial charge in [-0.3, -0.25) is 15.3 Å². The van der Waals surface area contributed by atoms with Crippen LogP contribution < -0.4 is 10.6 Å². The molecule has 0 saturated heterocycles. The summed E-state index contributed by atoms with van der Waals surface area (Å²) in [6.45, 7) is 5.44. The predicted octanol–water partition coefficient (Wildman–Crippen LogP) is 3.60. The Labute approximate surface area is 175 Å². The quantitative estimate of drug-likeness (QED) is 0.617. The fourth-order valence-corrected chi connectivity index (χ4v) is 3.84. The Balaban J connectivity index is 1.84. The predicted molar refractivity (Wildman–Crippen MR) is 112 cm³/mol. The zero-order valence-electron chi connectivity index (χ0n) is 17.1. The number of phenols is 1. The van der Waals surface area contributed by atoms with Gasteiger partial charge in [0.15, 0.2) is 0 Å². The van der Waals surface area contributed by atoms with Crippen LogP contribution >= 0.6 is 0 Å². The molecule has 3 heterocycles. The molecule has 1 aromatic carbocycles. The van der Waals surface area contributed by atoms with Gasteiger partial charge in [0.25, 0.3) is 0 Å². The number of nitrogens with one attached hydrogen (secondary N) is 2. The van der Waals surface area contributed by atoms with Gasteiger partial charge in [0.1, 0.15) is 17.5 Å². The maximum Gasteiger partial charge on any atom is 0.409 e. The molecule has 1 amide bonds. The van der Waals surface area contributed by atoms with Crippen LogP contribution in [0.5, 0.6) is 5.75 Å². The van der Waals surface area contributed by atoms with Gasteiger partial charge >= 0.3 is 6.09 Å². The van der Waals surface area contributed by atoms with Crippen LogP contribution in [0.1, 0.15) is 49.3 Å². The van der Waals surface area contributed by atoms with Crippen LogP contribution in [-0.4, -0.2) is 26.8 Å². The molecular weight excluding hydrogens is 380 g/mol. The SMILES string of the molecule is CC(C)(C)OC(=O)NC1NC(c2ccncc2)(c2cccc(O)c2)c2cccnc21. The van der Waals surface area contributed by atoms with Crippen molar-refractivity contribution in [1.29, 1.82) is 0 Å². The smallest absolute Gasteiger partial charge is 0.409 e. The zero-order valence-corrected chi connectivity index (χ0v) is 17.1. The van der Waals surface area contributed by atoms with Crippen molar-refractivity contribution in [2.45, 2.75) is 38.1 Å². The number of amides is 1. The highest BCUT2D eigenvalue weighted by Gasteiger charge is 2.47. The lowest BCUT2D eigenvalue weighted by atomic mass is 9.79. The monoisotopic (exact) mass is 404 g/mol. The first-order valence-corrected chi connectivity index (χ1v) is 9.72. The van der Waals surface area contributed by atoms with Crippen molar-refractivity contribution >= 4 is 6.09 Å². The summed E-state index contributed by atoms with van der Waals surface area (Å²) < 4.78 is 5.45. The van der Waals surface area contributed by atoms with Gasteiger partial charge in [0.05, 0.1) is 11.2 Å². The molecule has 2 unspecified atom stereocenters. The summed E-state index contributed by atoms with van der Waals surface area (Å²) in [5, 5.41) is 16.6. The summed E-state index contributed by atoms with van der Waals surface area (Å²) in [4.78, 5) is 21.2. The molecular formula is C23H24N4O3. The van der Waals surface area contributed by atoms with Crippen molar-refractivity contribution in [3.8, 4) is 5.75 Å². The number of nitrogens with zero attached hydrogens (tertiary/aromatic N) is 2. The minimum Gasteiger partial charge on any atom is -0.508 e. The van der Waals surface area contributed by atoms with Crippen molar-refractivity contribution in [3.05, 3.63) is 89.5 Å². The minimum atomic E-state index is -0.842. The van der Waals surface area contributed by atoms with Gasteiger partial charge < -0.3 is 15.2 Å². The minimum absolute atomic E-state index is 0.150. The van der Waals surface area contributed by atoms with E-state index >= 15 is 0 Å². The van der Waals surface area contributed by atoms with Crippen LogP contribution in [0.3, 0.4) is 0 Å². The number of fused-ring (bicyclic) bond motifs is 1. The Bertz CT molecular complexity index is 1070. The number of carbonyl (C=O) groups is 1. The molecule has 30 heavy (non-hydrogen) atoms. The molecule has 3 N–H and O–H groups in total. The number of aromatic nitrogens is 2. The number of hydrogen-bond donors (Lipinski definition) is 3. The topological polar surface area (TPSA) is 96.4 Å². The van der Waals surface area contributed by atoms with E-state index in [0.717, 1.165) is 16.7 Å². The number of ether oxygens (including phenoxy) is 1. The Hall–Kier alpha value is -3.45. The summed E-state index contributed by atoms with van der Waals surface area (Å²) in [6.07, 6.45) is 3.98. The number of benzene rings is 1. The molecule has 7 nitrogen and oxygen atoms in total. The van der Waals surface area contributed by atoms with Crippen molar-refractivity contribution < 1.29 is 14.6 Å². The van der Waals surface area contributed by atoms with Gasteiger partial charge in [-0.2, -0.15) is 0 Å². The van der Waals surface area contributed by atoms with E-state index in [4.69, 9.17) is 4.74 Å². The van der Waals surface area contributed by atoms with Crippen LogP contribution in [0.15, 0.2) is 67.1 Å². The molecule has 1 aliphatic heterocycles. The molecule has 0 spiro atoms.